The van der Waals surface area contributed by atoms with E-state index in [9.17, 15) is 17.6 Å². The van der Waals surface area contributed by atoms with E-state index < -0.39 is 21.7 Å². The molecule has 6 nitrogen and oxygen atoms in total. The van der Waals surface area contributed by atoms with Crippen LogP contribution in [0.5, 0.6) is 5.75 Å². The first-order valence-corrected chi connectivity index (χ1v) is 10.0. The van der Waals surface area contributed by atoms with Gasteiger partial charge in [0.1, 0.15) is 0 Å². The second-order valence-electron chi connectivity index (χ2n) is 5.58. The molecule has 0 aliphatic heterocycles. The molecular formula is C17H18FIN2O4S. The average molecular weight is 492 g/mol. The maximum Gasteiger partial charge on any atom is 0.252 e. The molecule has 26 heavy (non-hydrogen) atoms. The van der Waals surface area contributed by atoms with Gasteiger partial charge >= 0.3 is 0 Å². The topological polar surface area (TPSA) is 75.7 Å². The highest BCUT2D eigenvalue weighted by Crippen LogP contribution is 2.21. The molecule has 0 atom stereocenters. The van der Waals surface area contributed by atoms with Gasteiger partial charge < -0.3 is 10.1 Å². The van der Waals surface area contributed by atoms with Gasteiger partial charge in [-0.15, -0.1) is 0 Å². The van der Waals surface area contributed by atoms with Gasteiger partial charge in [0, 0.05) is 24.2 Å². The molecule has 0 saturated heterocycles. The van der Waals surface area contributed by atoms with Crippen molar-refractivity contribution in [1.29, 1.82) is 0 Å². The molecule has 1 amide bonds. The Morgan fingerprint density at radius 1 is 1.23 bits per heavy atom. The number of carbonyl (C=O) groups excluding carboxylic acids is 1. The molecule has 1 N–H and O–H groups in total. The van der Waals surface area contributed by atoms with Crippen molar-refractivity contribution in [3.05, 3.63) is 56.9 Å². The minimum atomic E-state index is -3.64. The Balaban J connectivity index is 2.21. The van der Waals surface area contributed by atoms with Crippen LogP contribution in [0.2, 0.25) is 0 Å². The molecule has 0 heterocycles. The van der Waals surface area contributed by atoms with Crippen molar-refractivity contribution < 1.29 is 22.3 Å². The molecule has 2 aromatic carbocycles. The van der Waals surface area contributed by atoms with Crippen LogP contribution in [0.3, 0.4) is 0 Å². The van der Waals surface area contributed by atoms with E-state index in [1.807, 2.05) is 22.6 Å². The molecule has 0 spiro atoms. The van der Waals surface area contributed by atoms with Crippen LogP contribution in [0.25, 0.3) is 0 Å². The quantitative estimate of drug-likeness (QED) is 0.630. The molecule has 2 rings (SSSR count). The number of nitrogens with zero attached hydrogens (tertiary/aromatic N) is 1. The van der Waals surface area contributed by atoms with Crippen LogP contribution >= 0.6 is 22.6 Å². The SMILES string of the molecule is COc1ccc(CNC(=O)c2cc(S(=O)(=O)N(C)C)ccc2I)cc1F. The van der Waals surface area contributed by atoms with Gasteiger partial charge in [0.25, 0.3) is 5.91 Å². The predicted molar refractivity (Wildman–Crippen MR) is 104 cm³/mol. The Labute approximate surface area is 165 Å². The Kier molecular flexibility index (Phi) is 6.58. The van der Waals surface area contributed by atoms with E-state index in [1.165, 1.54) is 45.5 Å². The van der Waals surface area contributed by atoms with Gasteiger partial charge in [-0.1, -0.05) is 6.07 Å². The minimum absolute atomic E-state index is 0.0311. The number of benzene rings is 2. The second kappa shape index (κ2) is 8.31. The lowest BCUT2D eigenvalue weighted by Gasteiger charge is -2.13. The van der Waals surface area contributed by atoms with Crippen molar-refractivity contribution in [3.8, 4) is 5.75 Å². The lowest BCUT2D eigenvalue weighted by Crippen LogP contribution is -2.26. The predicted octanol–water partition coefficient (Wildman–Crippen LogP) is 2.62. The van der Waals surface area contributed by atoms with Gasteiger partial charge in [0.2, 0.25) is 10.0 Å². The van der Waals surface area contributed by atoms with Crippen molar-refractivity contribution in [2.45, 2.75) is 11.4 Å². The summed E-state index contributed by atoms with van der Waals surface area (Å²) in [4.78, 5) is 12.5. The average Bonchev–Trinajstić information content (AvgIpc) is 2.59. The second-order valence-corrected chi connectivity index (χ2v) is 8.89. The monoisotopic (exact) mass is 492 g/mol. The zero-order valence-corrected chi connectivity index (χ0v) is 17.4. The maximum absolute atomic E-state index is 13.7. The summed E-state index contributed by atoms with van der Waals surface area (Å²) in [6.45, 7) is 0.0977. The number of halogens is 2. The van der Waals surface area contributed by atoms with E-state index in [4.69, 9.17) is 4.74 Å². The number of methoxy groups -OCH3 is 1. The number of rotatable bonds is 6. The van der Waals surface area contributed by atoms with Gasteiger partial charge in [-0.05, 0) is 58.5 Å². The highest BCUT2D eigenvalue weighted by molar-refractivity contribution is 14.1. The molecule has 0 radical (unpaired) electrons. The molecule has 0 aliphatic carbocycles. The smallest absolute Gasteiger partial charge is 0.252 e. The van der Waals surface area contributed by atoms with E-state index >= 15 is 0 Å². The Hall–Kier alpha value is -1.72. The number of hydrogen-bond acceptors (Lipinski definition) is 4. The number of sulfonamides is 1. The summed E-state index contributed by atoms with van der Waals surface area (Å²) in [6, 6.07) is 8.74. The number of hydrogen-bond donors (Lipinski definition) is 1. The van der Waals surface area contributed by atoms with Crippen molar-refractivity contribution >= 4 is 38.5 Å². The summed E-state index contributed by atoms with van der Waals surface area (Å²) in [5.41, 5.74) is 0.797. The van der Waals surface area contributed by atoms with Crippen LogP contribution in [-0.4, -0.2) is 39.8 Å². The molecule has 2 aromatic rings. The number of carbonyl (C=O) groups is 1. The van der Waals surface area contributed by atoms with E-state index in [1.54, 1.807) is 12.1 Å². The molecule has 0 aromatic heterocycles. The summed E-state index contributed by atoms with van der Waals surface area (Å²) < 4.78 is 44.7. The first-order valence-electron chi connectivity index (χ1n) is 7.49. The van der Waals surface area contributed by atoms with Gasteiger partial charge in [-0.3, -0.25) is 4.79 Å². The summed E-state index contributed by atoms with van der Waals surface area (Å²) in [6.07, 6.45) is 0. The summed E-state index contributed by atoms with van der Waals surface area (Å²) in [5.74, 6) is -0.842. The normalized spacial score (nSPS) is 11.5. The number of nitrogens with one attached hydrogen (secondary N) is 1. The van der Waals surface area contributed by atoms with Crippen LogP contribution < -0.4 is 10.1 Å². The fourth-order valence-corrected chi connectivity index (χ4v) is 3.66. The molecule has 0 unspecified atom stereocenters. The highest BCUT2D eigenvalue weighted by atomic mass is 127. The molecule has 0 saturated carbocycles. The minimum Gasteiger partial charge on any atom is -0.494 e. The molecule has 0 fully saturated rings. The Bertz CT molecular complexity index is 932. The van der Waals surface area contributed by atoms with Crippen LogP contribution in [0.15, 0.2) is 41.3 Å². The van der Waals surface area contributed by atoms with Gasteiger partial charge in [-0.2, -0.15) is 0 Å². The first-order chi connectivity index (χ1) is 12.2. The Morgan fingerprint density at radius 2 is 1.92 bits per heavy atom. The standard InChI is InChI=1S/C17H18FIN2O4S/c1-21(2)26(23,24)12-5-6-15(19)13(9-12)17(22)20-10-11-4-7-16(25-3)14(18)8-11/h4-9H,10H2,1-3H3,(H,20,22). The van der Waals surface area contributed by atoms with Crippen LogP contribution in [0, 0.1) is 9.39 Å². The molecule has 9 heteroatoms. The largest absolute Gasteiger partial charge is 0.494 e. The zero-order chi connectivity index (χ0) is 19.5. The number of ether oxygens (including phenoxy) is 1. The molecule has 0 bridgehead atoms. The summed E-state index contributed by atoms with van der Waals surface area (Å²) >= 11 is 1.96. The third-order valence-electron chi connectivity index (χ3n) is 3.63. The molecule has 140 valence electrons. The lowest BCUT2D eigenvalue weighted by molar-refractivity contribution is 0.0949. The molecular weight excluding hydrogens is 474 g/mol. The fourth-order valence-electron chi connectivity index (χ4n) is 2.15. The van der Waals surface area contributed by atoms with E-state index in [-0.39, 0.29) is 22.8 Å². The van der Waals surface area contributed by atoms with Gasteiger partial charge in [0.05, 0.1) is 17.6 Å². The summed E-state index contributed by atoms with van der Waals surface area (Å²) in [7, 11) is 0.572. The van der Waals surface area contributed by atoms with Crippen molar-refractivity contribution in [3.63, 3.8) is 0 Å². The van der Waals surface area contributed by atoms with Crippen LogP contribution in [0.1, 0.15) is 15.9 Å². The van der Waals surface area contributed by atoms with Crippen LogP contribution in [-0.2, 0) is 16.6 Å². The lowest BCUT2D eigenvalue weighted by atomic mass is 10.2. The zero-order valence-electron chi connectivity index (χ0n) is 14.4. The Morgan fingerprint density at radius 3 is 2.50 bits per heavy atom. The molecule has 0 aliphatic rings. The first kappa shape index (κ1) is 20.6. The van der Waals surface area contributed by atoms with Crippen LogP contribution in [0.4, 0.5) is 4.39 Å². The summed E-state index contributed by atoms with van der Waals surface area (Å²) in [5, 5.41) is 2.67. The van der Waals surface area contributed by atoms with E-state index in [0.29, 0.717) is 9.13 Å². The van der Waals surface area contributed by atoms with Crippen molar-refractivity contribution in [2.24, 2.45) is 0 Å². The third kappa shape index (κ3) is 4.51. The van der Waals surface area contributed by atoms with E-state index in [2.05, 4.69) is 5.32 Å². The maximum atomic E-state index is 13.7. The van der Waals surface area contributed by atoms with E-state index in [0.717, 1.165) is 4.31 Å². The van der Waals surface area contributed by atoms with Crippen molar-refractivity contribution in [2.75, 3.05) is 21.2 Å². The van der Waals surface area contributed by atoms with Crippen molar-refractivity contribution in [1.82, 2.24) is 9.62 Å². The third-order valence-corrected chi connectivity index (χ3v) is 6.38. The van der Waals surface area contributed by atoms with Gasteiger partial charge in [-0.25, -0.2) is 17.1 Å². The number of amides is 1. The van der Waals surface area contributed by atoms with Gasteiger partial charge in [0.15, 0.2) is 11.6 Å². The highest BCUT2D eigenvalue weighted by Gasteiger charge is 2.20. The fraction of sp³-hybridized carbons (Fsp3) is 0.235.